The molecule has 0 saturated carbocycles. The number of amides is 2. The van der Waals surface area contributed by atoms with E-state index in [-0.39, 0.29) is 18.4 Å². The van der Waals surface area contributed by atoms with Crippen LogP contribution in [0.15, 0.2) is 46.9 Å². The van der Waals surface area contributed by atoms with Crippen LogP contribution in [0, 0.1) is 5.92 Å². The van der Waals surface area contributed by atoms with Crippen LogP contribution in [0.3, 0.4) is 0 Å². The molecule has 0 fully saturated rings. The Kier molecular flexibility index (Phi) is 10.9. The zero-order valence-electron chi connectivity index (χ0n) is 21.1. The van der Waals surface area contributed by atoms with Gasteiger partial charge in [0.15, 0.2) is 6.61 Å². The van der Waals surface area contributed by atoms with E-state index in [0.29, 0.717) is 37.1 Å². The highest BCUT2D eigenvalue weighted by atomic mass is 79.9. The van der Waals surface area contributed by atoms with Crippen molar-refractivity contribution in [1.82, 2.24) is 10.2 Å². The minimum absolute atomic E-state index is 0.152. The second kappa shape index (κ2) is 13.4. The van der Waals surface area contributed by atoms with Crippen LogP contribution in [0.1, 0.15) is 58.1 Å². The smallest absolute Gasteiger partial charge is 0.261 e. The van der Waals surface area contributed by atoms with E-state index in [1.165, 1.54) is 5.56 Å². The van der Waals surface area contributed by atoms with E-state index in [0.717, 1.165) is 15.8 Å². The normalized spacial score (nSPS) is 11.9. The fourth-order valence-corrected chi connectivity index (χ4v) is 4.00. The summed E-state index contributed by atoms with van der Waals surface area (Å²) in [7, 11) is 1.61. The number of nitrogens with zero attached hydrogens (tertiary/aromatic N) is 1. The van der Waals surface area contributed by atoms with Crippen molar-refractivity contribution in [2.75, 3.05) is 20.3 Å². The molecule has 0 aliphatic heterocycles. The average molecular weight is 534 g/mol. The Morgan fingerprint density at radius 1 is 1.06 bits per heavy atom. The van der Waals surface area contributed by atoms with Gasteiger partial charge in [-0.3, -0.25) is 9.59 Å². The molecule has 0 heterocycles. The number of carbonyl (C=O) groups excluding carboxylic acids is 2. The third kappa shape index (κ3) is 8.05. The first-order valence-electron chi connectivity index (χ1n) is 11.8. The number of halogens is 1. The van der Waals surface area contributed by atoms with Crippen molar-refractivity contribution in [1.29, 1.82) is 0 Å². The SMILES string of the molecule is CC[C@H](C(=O)NCC(C)C)N(Cc1ccc(OC)cc1)C(=O)COc1ccc(C(C)C)cc1Br. The summed E-state index contributed by atoms with van der Waals surface area (Å²) < 4.78 is 11.9. The summed E-state index contributed by atoms with van der Waals surface area (Å²) in [5.41, 5.74) is 2.09. The van der Waals surface area contributed by atoms with Gasteiger partial charge in [0.25, 0.3) is 5.91 Å². The number of hydrogen-bond acceptors (Lipinski definition) is 4. The lowest BCUT2D eigenvalue weighted by molar-refractivity contribution is -0.143. The van der Waals surface area contributed by atoms with Gasteiger partial charge in [-0.2, -0.15) is 0 Å². The quantitative estimate of drug-likeness (QED) is 0.389. The van der Waals surface area contributed by atoms with Crippen LogP contribution in [0.5, 0.6) is 11.5 Å². The largest absolute Gasteiger partial charge is 0.497 e. The summed E-state index contributed by atoms with van der Waals surface area (Å²) in [4.78, 5) is 27.9. The van der Waals surface area contributed by atoms with Gasteiger partial charge in [0, 0.05) is 13.1 Å². The number of nitrogens with one attached hydrogen (secondary N) is 1. The minimum atomic E-state index is -0.594. The average Bonchev–Trinajstić information content (AvgIpc) is 2.81. The van der Waals surface area contributed by atoms with Crippen LogP contribution in [0.25, 0.3) is 0 Å². The van der Waals surface area contributed by atoms with Crippen molar-refractivity contribution in [3.05, 3.63) is 58.1 Å². The molecular formula is C27H37BrN2O4. The van der Waals surface area contributed by atoms with Gasteiger partial charge in [0.2, 0.25) is 5.91 Å². The second-order valence-electron chi connectivity index (χ2n) is 9.07. The lowest BCUT2D eigenvalue weighted by Crippen LogP contribution is -2.50. The molecule has 1 atom stereocenters. The zero-order valence-corrected chi connectivity index (χ0v) is 22.6. The molecule has 6 nitrogen and oxygen atoms in total. The summed E-state index contributed by atoms with van der Waals surface area (Å²) in [5.74, 6) is 1.65. The van der Waals surface area contributed by atoms with Gasteiger partial charge in [0.05, 0.1) is 11.6 Å². The highest BCUT2D eigenvalue weighted by Crippen LogP contribution is 2.29. The third-order valence-corrected chi connectivity index (χ3v) is 6.18. The molecule has 0 saturated heterocycles. The van der Waals surface area contributed by atoms with Crippen molar-refractivity contribution >= 4 is 27.7 Å². The van der Waals surface area contributed by atoms with E-state index in [1.54, 1.807) is 12.0 Å². The van der Waals surface area contributed by atoms with E-state index >= 15 is 0 Å². The molecule has 7 heteroatoms. The predicted octanol–water partition coefficient (Wildman–Crippen LogP) is 5.54. The Bertz CT molecular complexity index is 944. The van der Waals surface area contributed by atoms with Gasteiger partial charge in [-0.25, -0.2) is 0 Å². The van der Waals surface area contributed by atoms with Gasteiger partial charge in [-0.05, 0) is 69.6 Å². The van der Waals surface area contributed by atoms with Gasteiger partial charge in [-0.1, -0.05) is 52.8 Å². The van der Waals surface area contributed by atoms with Gasteiger partial charge < -0.3 is 19.7 Å². The van der Waals surface area contributed by atoms with Crippen LogP contribution in [-0.4, -0.2) is 43.0 Å². The van der Waals surface area contributed by atoms with Gasteiger partial charge in [-0.15, -0.1) is 0 Å². The molecule has 186 valence electrons. The Morgan fingerprint density at radius 3 is 2.26 bits per heavy atom. The molecule has 1 N–H and O–H groups in total. The molecular weight excluding hydrogens is 496 g/mol. The maximum absolute atomic E-state index is 13.4. The highest BCUT2D eigenvalue weighted by Gasteiger charge is 2.29. The molecule has 2 rings (SSSR count). The van der Waals surface area contributed by atoms with E-state index in [1.807, 2.05) is 63.2 Å². The Hall–Kier alpha value is -2.54. The molecule has 0 aliphatic rings. The summed E-state index contributed by atoms with van der Waals surface area (Å²) in [6.07, 6.45) is 0.499. The lowest BCUT2D eigenvalue weighted by Gasteiger charge is -2.31. The van der Waals surface area contributed by atoms with Crippen LogP contribution >= 0.6 is 15.9 Å². The summed E-state index contributed by atoms with van der Waals surface area (Å²) >= 11 is 3.54. The first kappa shape index (κ1) is 27.7. The number of rotatable bonds is 12. The molecule has 0 aliphatic carbocycles. The number of ether oxygens (including phenoxy) is 2. The van der Waals surface area contributed by atoms with Crippen molar-refractivity contribution in [2.45, 2.75) is 59.5 Å². The summed E-state index contributed by atoms with van der Waals surface area (Å²) in [6, 6.07) is 12.8. The van der Waals surface area contributed by atoms with Gasteiger partial charge >= 0.3 is 0 Å². The van der Waals surface area contributed by atoms with Crippen LogP contribution < -0.4 is 14.8 Å². The van der Waals surface area contributed by atoms with E-state index in [9.17, 15) is 9.59 Å². The van der Waals surface area contributed by atoms with Crippen molar-refractivity contribution in [3.8, 4) is 11.5 Å². The molecule has 0 spiro atoms. The van der Waals surface area contributed by atoms with E-state index in [2.05, 4.69) is 35.1 Å². The van der Waals surface area contributed by atoms with Crippen LogP contribution in [0.2, 0.25) is 0 Å². The van der Waals surface area contributed by atoms with Gasteiger partial charge in [0.1, 0.15) is 17.5 Å². The second-order valence-corrected chi connectivity index (χ2v) is 9.92. The molecule has 34 heavy (non-hydrogen) atoms. The Balaban J connectivity index is 2.22. The molecule has 2 amide bonds. The Morgan fingerprint density at radius 2 is 1.74 bits per heavy atom. The Labute approximate surface area is 212 Å². The predicted molar refractivity (Wildman–Crippen MR) is 139 cm³/mol. The van der Waals surface area contributed by atoms with Crippen LogP contribution in [0.4, 0.5) is 0 Å². The standard InChI is InChI=1S/C27H37BrN2O4/c1-7-24(27(32)29-15-18(2)3)30(16-20-8-11-22(33-6)12-9-20)26(31)17-34-25-13-10-21(19(4)5)14-23(25)28/h8-14,18-19,24H,7,15-17H2,1-6H3,(H,29,32)/t24-/m1/s1. The van der Waals surface area contributed by atoms with Crippen LogP contribution in [-0.2, 0) is 16.1 Å². The fourth-order valence-electron chi connectivity index (χ4n) is 3.49. The number of hydrogen-bond donors (Lipinski definition) is 1. The molecule has 2 aromatic carbocycles. The van der Waals surface area contributed by atoms with Crippen molar-refractivity contribution in [3.63, 3.8) is 0 Å². The molecule has 0 bridgehead atoms. The number of carbonyl (C=O) groups is 2. The summed E-state index contributed by atoms with van der Waals surface area (Å²) in [5, 5.41) is 2.97. The lowest BCUT2D eigenvalue weighted by atomic mass is 10.0. The first-order valence-corrected chi connectivity index (χ1v) is 12.6. The number of benzene rings is 2. The monoisotopic (exact) mass is 532 g/mol. The van der Waals surface area contributed by atoms with Crippen molar-refractivity contribution in [2.24, 2.45) is 5.92 Å². The minimum Gasteiger partial charge on any atom is -0.497 e. The number of methoxy groups -OCH3 is 1. The zero-order chi connectivity index (χ0) is 25.3. The molecule has 2 aromatic rings. The topological polar surface area (TPSA) is 67.9 Å². The fraction of sp³-hybridized carbons (Fsp3) is 0.481. The first-order chi connectivity index (χ1) is 16.2. The molecule has 0 radical (unpaired) electrons. The third-order valence-electron chi connectivity index (χ3n) is 5.56. The molecule has 0 aromatic heterocycles. The van der Waals surface area contributed by atoms with Crippen molar-refractivity contribution < 1.29 is 19.1 Å². The maximum atomic E-state index is 13.4. The van der Waals surface area contributed by atoms with E-state index in [4.69, 9.17) is 9.47 Å². The van der Waals surface area contributed by atoms with E-state index < -0.39 is 6.04 Å². The summed E-state index contributed by atoms with van der Waals surface area (Å²) in [6.45, 7) is 10.9. The maximum Gasteiger partial charge on any atom is 0.261 e. The molecule has 0 unspecified atom stereocenters. The highest BCUT2D eigenvalue weighted by molar-refractivity contribution is 9.10.